The highest BCUT2D eigenvalue weighted by Gasteiger charge is 2.32. The van der Waals surface area contributed by atoms with E-state index in [-0.39, 0.29) is 16.5 Å². The molecule has 1 saturated heterocycles. The molecule has 0 radical (unpaired) electrons. The van der Waals surface area contributed by atoms with Gasteiger partial charge in [-0.2, -0.15) is 4.31 Å². The van der Waals surface area contributed by atoms with Crippen LogP contribution >= 0.6 is 11.6 Å². The van der Waals surface area contributed by atoms with Gasteiger partial charge in [0.2, 0.25) is 10.0 Å². The van der Waals surface area contributed by atoms with Crippen molar-refractivity contribution in [3.63, 3.8) is 0 Å². The topological polar surface area (TPSA) is 51.1 Å². The van der Waals surface area contributed by atoms with Crippen molar-refractivity contribution in [3.8, 4) is 5.75 Å². The Labute approximate surface area is 158 Å². The van der Waals surface area contributed by atoms with Crippen LogP contribution in [-0.4, -0.2) is 46.0 Å². The minimum atomic E-state index is -3.67. The molecule has 0 amide bonds. The number of sulfonamides is 1. The second-order valence-corrected chi connectivity index (χ2v) is 8.60. The maximum atomic E-state index is 13.0. The summed E-state index contributed by atoms with van der Waals surface area (Å²) < 4.78 is 45.6. The lowest BCUT2D eigenvalue weighted by atomic mass is 10.2. The van der Waals surface area contributed by atoms with E-state index in [2.05, 4.69) is 0 Å². The first-order chi connectivity index (χ1) is 12.4. The van der Waals surface area contributed by atoms with E-state index in [1.54, 1.807) is 24.3 Å². The molecule has 3 rings (SSSR count). The minimum absolute atomic E-state index is 0.0921. The molecule has 1 aliphatic rings. The van der Waals surface area contributed by atoms with Gasteiger partial charge in [-0.15, -0.1) is 0 Å². The van der Waals surface area contributed by atoms with Crippen molar-refractivity contribution in [1.82, 2.24) is 4.31 Å². The molecule has 140 valence electrons. The van der Waals surface area contributed by atoms with Crippen molar-refractivity contribution in [2.75, 3.05) is 33.3 Å². The number of halogens is 2. The molecule has 2 aromatic carbocycles. The van der Waals surface area contributed by atoms with E-state index in [4.69, 9.17) is 16.3 Å². The fourth-order valence-corrected chi connectivity index (χ4v) is 4.96. The SMILES string of the molecule is COc1ccc(Cl)cc1S(=O)(=O)N1CC[NH+](Cc2ccc(F)cc2)CC1. The van der Waals surface area contributed by atoms with Gasteiger partial charge in [-0.25, -0.2) is 12.8 Å². The van der Waals surface area contributed by atoms with Crippen LogP contribution in [0.3, 0.4) is 0 Å². The molecule has 0 aromatic heterocycles. The van der Waals surface area contributed by atoms with Crippen molar-refractivity contribution in [3.05, 3.63) is 58.9 Å². The maximum Gasteiger partial charge on any atom is 0.247 e. The Hall–Kier alpha value is -1.67. The lowest BCUT2D eigenvalue weighted by Crippen LogP contribution is -3.13. The highest BCUT2D eigenvalue weighted by Crippen LogP contribution is 2.29. The van der Waals surface area contributed by atoms with Gasteiger partial charge in [0.1, 0.15) is 23.0 Å². The largest absolute Gasteiger partial charge is 0.495 e. The molecule has 1 fully saturated rings. The Balaban J connectivity index is 1.69. The van der Waals surface area contributed by atoms with Crippen LogP contribution in [0.25, 0.3) is 0 Å². The predicted molar refractivity (Wildman–Crippen MR) is 97.6 cm³/mol. The Morgan fingerprint density at radius 3 is 2.42 bits per heavy atom. The van der Waals surface area contributed by atoms with Crippen LogP contribution in [-0.2, 0) is 16.6 Å². The quantitative estimate of drug-likeness (QED) is 0.830. The summed E-state index contributed by atoms with van der Waals surface area (Å²) in [5, 5.41) is 0.352. The Morgan fingerprint density at radius 2 is 1.81 bits per heavy atom. The molecule has 0 spiro atoms. The Morgan fingerprint density at radius 1 is 1.15 bits per heavy atom. The maximum absolute atomic E-state index is 13.0. The molecule has 0 saturated carbocycles. The number of nitrogens with zero attached hydrogens (tertiary/aromatic N) is 1. The van der Waals surface area contributed by atoms with Gasteiger partial charge in [0, 0.05) is 10.6 Å². The molecule has 0 atom stereocenters. The zero-order valence-electron chi connectivity index (χ0n) is 14.4. The summed E-state index contributed by atoms with van der Waals surface area (Å²) in [7, 11) is -2.23. The van der Waals surface area contributed by atoms with Gasteiger partial charge in [0.05, 0.1) is 33.3 Å². The highest BCUT2D eigenvalue weighted by molar-refractivity contribution is 7.89. The van der Waals surface area contributed by atoms with Crippen molar-refractivity contribution in [2.24, 2.45) is 0 Å². The van der Waals surface area contributed by atoms with E-state index in [1.807, 2.05) is 0 Å². The third-order valence-corrected chi connectivity index (χ3v) is 6.70. The second kappa shape index (κ2) is 7.92. The van der Waals surface area contributed by atoms with Crippen LogP contribution in [0.4, 0.5) is 4.39 Å². The molecule has 1 aliphatic heterocycles. The molecule has 0 aliphatic carbocycles. The first kappa shape index (κ1) is 19.1. The number of methoxy groups -OCH3 is 1. The van der Waals surface area contributed by atoms with Crippen LogP contribution in [0.2, 0.25) is 5.02 Å². The van der Waals surface area contributed by atoms with Crippen LogP contribution < -0.4 is 9.64 Å². The molecule has 5 nitrogen and oxygen atoms in total. The van der Waals surface area contributed by atoms with Crippen molar-refractivity contribution < 1.29 is 22.4 Å². The number of rotatable bonds is 5. The number of piperazine rings is 1. The number of benzene rings is 2. The summed E-state index contributed by atoms with van der Waals surface area (Å²) in [6.45, 7) is 2.93. The van der Waals surface area contributed by atoms with Gasteiger partial charge in [0.15, 0.2) is 0 Å². The fourth-order valence-electron chi connectivity index (χ4n) is 3.10. The molecule has 1 N–H and O–H groups in total. The van der Waals surface area contributed by atoms with E-state index in [0.29, 0.717) is 31.2 Å². The lowest BCUT2D eigenvalue weighted by Gasteiger charge is -2.31. The molecule has 0 unspecified atom stereocenters. The Kier molecular flexibility index (Phi) is 5.82. The second-order valence-electron chi connectivity index (χ2n) is 6.25. The fraction of sp³-hybridized carbons (Fsp3) is 0.333. The molecular weight excluding hydrogens is 379 g/mol. The van der Waals surface area contributed by atoms with Gasteiger partial charge < -0.3 is 9.64 Å². The van der Waals surface area contributed by atoms with Crippen LogP contribution in [0.1, 0.15) is 5.56 Å². The van der Waals surface area contributed by atoms with E-state index in [0.717, 1.165) is 12.1 Å². The number of hydrogen-bond acceptors (Lipinski definition) is 3. The third-order valence-electron chi connectivity index (χ3n) is 4.54. The van der Waals surface area contributed by atoms with Crippen LogP contribution in [0.5, 0.6) is 5.75 Å². The smallest absolute Gasteiger partial charge is 0.247 e. The van der Waals surface area contributed by atoms with Crippen molar-refractivity contribution in [1.29, 1.82) is 0 Å². The van der Waals surface area contributed by atoms with Gasteiger partial charge in [-0.3, -0.25) is 0 Å². The Bertz CT molecular complexity index is 867. The highest BCUT2D eigenvalue weighted by atomic mass is 35.5. The first-order valence-corrected chi connectivity index (χ1v) is 10.1. The standard InChI is InChI=1S/C18H20ClFN2O3S/c1-25-17-7-4-15(19)12-18(17)26(23,24)22-10-8-21(9-11-22)13-14-2-5-16(20)6-3-14/h2-7,12H,8-11,13H2,1H3/p+1. The minimum Gasteiger partial charge on any atom is -0.495 e. The number of nitrogens with one attached hydrogen (secondary N) is 1. The molecule has 1 heterocycles. The predicted octanol–water partition coefficient (Wildman–Crippen LogP) is 1.58. The summed E-state index contributed by atoms with van der Waals surface area (Å²) in [6.07, 6.45) is 0. The number of hydrogen-bond donors (Lipinski definition) is 1. The summed E-state index contributed by atoms with van der Waals surface area (Å²) in [6, 6.07) is 11.0. The van der Waals surface area contributed by atoms with E-state index >= 15 is 0 Å². The molecule has 26 heavy (non-hydrogen) atoms. The average Bonchev–Trinajstić information content (AvgIpc) is 2.64. The van der Waals surface area contributed by atoms with Gasteiger partial charge >= 0.3 is 0 Å². The van der Waals surface area contributed by atoms with Crippen LogP contribution in [0, 0.1) is 5.82 Å². The molecule has 8 heteroatoms. The molecule has 2 aromatic rings. The number of quaternary nitrogens is 1. The monoisotopic (exact) mass is 399 g/mol. The average molecular weight is 400 g/mol. The van der Waals surface area contributed by atoms with Gasteiger partial charge in [0.25, 0.3) is 0 Å². The van der Waals surface area contributed by atoms with Crippen molar-refractivity contribution >= 4 is 21.6 Å². The summed E-state index contributed by atoms with van der Waals surface area (Å²) >= 11 is 5.97. The van der Waals surface area contributed by atoms with Crippen LogP contribution in [0.15, 0.2) is 47.4 Å². The number of ether oxygens (including phenoxy) is 1. The van der Waals surface area contributed by atoms with Gasteiger partial charge in [-0.1, -0.05) is 23.7 Å². The van der Waals surface area contributed by atoms with Crippen molar-refractivity contribution in [2.45, 2.75) is 11.4 Å². The zero-order valence-corrected chi connectivity index (χ0v) is 16.0. The van der Waals surface area contributed by atoms with E-state index in [9.17, 15) is 12.8 Å². The summed E-state index contributed by atoms with van der Waals surface area (Å²) in [5.41, 5.74) is 1.04. The van der Waals surface area contributed by atoms with E-state index in [1.165, 1.54) is 34.5 Å². The normalized spacial score (nSPS) is 16.6. The third kappa shape index (κ3) is 4.17. The van der Waals surface area contributed by atoms with E-state index < -0.39 is 10.0 Å². The first-order valence-electron chi connectivity index (χ1n) is 8.32. The molecular formula is C18H21ClFN2O3S+. The van der Waals surface area contributed by atoms with Gasteiger partial charge in [-0.05, 0) is 30.3 Å². The lowest BCUT2D eigenvalue weighted by molar-refractivity contribution is -0.917. The summed E-state index contributed by atoms with van der Waals surface area (Å²) in [4.78, 5) is 1.36. The summed E-state index contributed by atoms with van der Waals surface area (Å²) in [5.74, 6) is 0.0330. The molecule has 0 bridgehead atoms. The zero-order chi connectivity index (χ0) is 18.7.